The Morgan fingerprint density at radius 1 is 0.556 bits per heavy atom. The molecule has 4 atom stereocenters. The van der Waals surface area contributed by atoms with E-state index < -0.39 is 11.6 Å². The van der Waals surface area contributed by atoms with Crippen LogP contribution in [0.5, 0.6) is 23.0 Å². The van der Waals surface area contributed by atoms with Crippen molar-refractivity contribution < 1.29 is 47.9 Å². The predicted octanol–water partition coefficient (Wildman–Crippen LogP) is 12.2. The molecule has 6 aromatic carbocycles. The van der Waals surface area contributed by atoms with Crippen molar-refractivity contribution in [2.24, 2.45) is 0 Å². The van der Waals surface area contributed by atoms with Crippen LogP contribution in [-0.4, -0.2) is 124 Å². The summed E-state index contributed by atoms with van der Waals surface area (Å²) < 4.78 is 41.7. The average Bonchev–Trinajstić information content (AvgIpc) is 4.32. The molecule has 18 heteroatoms. The lowest BCUT2D eigenvalue weighted by atomic mass is 10.1. The van der Waals surface area contributed by atoms with Gasteiger partial charge in [0.15, 0.2) is 11.6 Å². The minimum atomic E-state index is -0.950. The number of phenols is 1. The second kappa shape index (κ2) is 27.7. The number of ether oxygens (including phenoxy) is 7. The number of piperazine rings is 2. The first-order chi connectivity index (χ1) is 39.1. The number of rotatable bonds is 19. The number of halogens is 4. The zero-order chi connectivity index (χ0) is 56.9. The highest BCUT2D eigenvalue weighted by Gasteiger charge is 2.42. The molecule has 4 aliphatic rings. The van der Waals surface area contributed by atoms with E-state index in [-0.39, 0.29) is 29.8 Å². The van der Waals surface area contributed by atoms with Gasteiger partial charge in [-0.15, -0.1) is 0 Å². The molecule has 0 saturated carbocycles. The van der Waals surface area contributed by atoms with Crippen LogP contribution in [-0.2, 0) is 53.0 Å². The molecular formula is C63H68Cl4N4O10. The molecule has 81 heavy (non-hydrogen) atoms. The Morgan fingerprint density at radius 3 is 1.33 bits per heavy atom. The number of benzene rings is 6. The first kappa shape index (κ1) is 59.4. The Kier molecular flexibility index (Phi) is 20.3. The molecule has 0 radical (unpaired) electrons. The van der Waals surface area contributed by atoms with Gasteiger partial charge in [-0.3, -0.25) is 9.59 Å². The predicted molar refractivity (Wildman–Crippen MR) is 318 cm³/mol. The second-order valence-electron chi connectivity index (χ2n) is 20.5. The number of hydrogen-bond acceptors (Lipinski definition) is 12. The van der Waals surface area contributed by atoms with Gasteiger partial charge in [-0.25, -0.2) is 0 Å². The van der Waals surface area contributed by atoms with Crippen molar-refractivity contribution in [3.63, 3.8) is 0 Å². The number of nitrogens with zero attached hydrogens (tertiary/aromatic N) is 4. The lowest BCUT2D eigenvalue weighted by Gasteiger charge is -2.36. The Hall–Kier alpha value is -6.20. The normalized spacial score (nSPS) is 20.8. The quantitative estimate of drug-likeness (QED) is 0.0775. The van der Waals surface area contributed by atoms with E-state index in [2.05, 4.69) is 28.5 Å². The fourth-order valence-corrected chi connectivity index (χ4v) is 11.3. The molecule has 4 fully saturated rings. The third kappa shape index (κ3) is 16.1. The van der Waals surface area contributed by atoms with Crippen molar-refractivity contribution in [1.29, 1.82) is 0 Å². The summed E-state index contributed by atoms with van der Waals surface area (Å²) in [7, 11) is 0. The number of aromatic hydroxyl groups is 1. The van der Waals surface area contributed by atoms with Crippen LogP contribution in [0.2, 0.25) is 20.1 Å². The van der Waals surface area contributed by atoms with E-state index >= 15 is 0 Å². The molecule has 0 aliphatic carbocycles. The van der Waals surface area contributed by atoms with Crippen LogP contribution < -0.4 is 24.0 Å². The minimum Gasteiger partial charge on any atom is -0.508 e. The largest absolute Gasteiger partial charge is 0.508 e. The van der Waals surface area contributed by atoms with Crippen LogP contribution >= 0.6 is 46.4 Å². The van der Waals surface area contributed by atoms with Crippen molar-refractivity contribution in [3.8, 4) is 23.0 Å². The summed E-state index contributed by atoms with van der Waals surface area (Å²) in [5.74, 6) is 1.02. The highest BCUT2D eigenvalue weighted by atomic mass is 35.5. The van der Waals surface area contributed by atoms with E-state index in [0.717, 1.165) is 77.1 Å². The number of phenolic OH excluding ortho intramolecular Hbond substituents is 1. The Morgan fingerprint density at radius 2 is 0.938 bits per heavy atom. The molecule has 0 bridgehead atoms. The van der Waals surface area contributed by atoms with Gasteiger partial charge in [0.1, 0.15) is 55.0 Å². The molecule has 6 aromatic rings. The van der Waals surface area contributed by atoms with Gasteiger partial charge in [-0.05, 0) is 135 Å². The van der Waals surface area contributed by atoms with Crippen molar-refractivity contribution in [2.75, 3.05) is 95.2 Å². The number of carbonyl (C=O) groups is 2. The van der Waals surface area contributed by atoms with Crippen LogP contribution in [0.25, 0.3) is 0 Å². The number of anilines is 2. The van der Waals surface area contributed by atoms with Gasteiger partial charge in [-0.2, -0.15) is 0 Å². The summed E-state index contributed by atoms with van der Waals surface area (Å²) >= 11 is 24.8. The van der Waals surface area contributed by atoms with Crippen LogP contribution in [0.15, 0.2) is 146 Å². The maximum atomic E-state index is 12.8. The lowest BCUT2D eigenvalue weighted by molar-refractivity contribution is -0.164. The Labute approximate surface area is 494 Å². The van der Waals surface area contributed by atoms with Crippen molar-refractivity contribution in [3.05, 3.63) is 188 Å². The highest BCUT2D eigenvalue weighted by molar-refractivity contribution is 6.35. The van der Waals surface area contributed by atoms with Crippen LogP contribution in [0.3, 0.4) is 0 Å². The van der Waals surface area contributed by atoms with Gasteiger partial charge in [0.25, 0.3) is 0 Å². The van der Waals surface area contributed by atoms with E-state index in [0.29, 0.717) is 105 Å². The zero-order valence-corrected chi connectivity index (χ0v) is 48.6. The van der Waals surface area contributed by atoms with Crippen LogP contribution in [0.4, 0.5) is 11.4 Å². The second-order valence-corrected chi connectivity index (χ2v) is 22.2. The van der Waals surface area contributed by atoms with Crippen LogP contribution in [0, 0.1) is 0 Å². The molecule has 10 rings (SSSR count). The van der Waals surface area contributed by atoms with Gasteiger partial charge in [0, 0.05) is 97.7 Å². The van der Waals surface area contributed by atoms with Gasteiger partial charge in [-0.1, -0.05) is 95.5 Å². The monoisotopic (exact) mass is 1180 g/mol. The molecule has 428 valence electrons. The van der Waals surface area contributed by atoms with E-state index in [1.165, 1.54) is 0 Å². The molecule has 0 spiro atoms. The molecule has 4 aliphatic heterocycles. The van der Waals surface area contributed by atoms with Gasteiger partial charge >= 0.3 is 0 Å². The summed E-state index contributed by atoms with van der Waals surface area (Å²) in [4.78, 5) is 34.0. The summed E-state index contributed by atoms with van der Waals surface area (Å²) in [6.07, 6.45) is 3.61. The molecule has 0 aromatic heterocycles. The third-order valence-corrected chi connectivity index (χ3v) is 15.8. The van der Waals surface area contributed by atoms with Crippen molar-refractivity contribution >= 4 is 69.6 Å². The van der Waals surface area contributed by atoms with Crippen molar-refractivity contribution in [1.82, 2.24) is 9.80 Å². The summed E-state index contributed by atoms with van der Waals surface area (Å²) in [6, 6.07) is 41.5. The molecule has 2 amide bonds. The Bertz CT molecular complexity index is 3050. The van der Waals surface area contributed by atoms with Crippen LogP contribution in [0.1, 0.15) is 48.9 Å². The highest BCUT2D eigenvalue weighted by Crippen LogP contribution is 2.40. The number of amides is 2. The maximum Gasteiger partial charge on any atom is 0.223 e. The maximum absolute atomic E-state index is 12.8. The zero-order valence-electron chi connectivity index (χ0n) is 45.6. The van der Waals surface area contributed by atoms with Crippen molar-refractivity contribution in [2.45, 2.75) is 63.3 Å². The first-order valence-corrected chi connectivity index (χ1v) is 28.8. The number of carbonyl (C=O) groups excluding carboxylic acids is 2. The first-order valence-electron chi connectivity index (χ1n) is 27.3. The summed E-state index contributed by atoms with van der Waals surface area (Å²) in [5.41, 5.74) is 5.86. The van der Waals surface area contributed by atoms with Gasteiger partial charge < -0.3 is 57.9 Å². The molecule has 1 N–H and O–H groups in total. The Balaban J connectivity index is 0.000000196. The fourth-order valence-electron chi connectivity index (χ4n) is 10.1. The van der Waals surface area contributed by atoms with E-state index in [9.17, 15) is 14.7 Å². The van der Waals surface area contributed by atoms with Gasteiger partial charge in [0.2, 0.25) is 11.8 Å². The standard InChI is InChI=1S/C33H36Cl2N2O5.C30H32Cl2N2O5/c1-3-20-39-27-10-4-24(5-11-27)6-15-32(38)37-18-16-36(17-19-37)26-8-12-28(13-9-26)40-22-29-23-41-33(2,42-29)30-14-7-25(34)21-31(30)35;1-30(27-12-5-22(31)18-28(27)32)38-20-26(39-30)19-37-25-10-6-23(7-11-25)33-14-16-34(17-15-33)29(36)13-4-21-2-8-24(35)9-3-21/h3-5,7-14,21,29H,1,6,15-20,22-23H2,2H3;2-3,5-12,18,26,35H,4,13-17,19-20H2,1H3/t29-,33+;26-,30+/m11/s1. The van der Waals surface area contributed by atoms with E-state index in [1.54, 1.807) is 42.5 Å². The molecule has 14 nitrogen and oxygen atoms in total. The molecule has 0 unspecified atom stereocenters. The number of aryl methyl sites for hydroxylation is 2. The molecular weight excluding hydrogens is 1110 g/mol. The topological polar surface area (TPSA) is 132 Å². The summed E-state index contributed by atoms with van der Waals surface area (Å²) in [6.45, 7) is 15.3. The van der Waals surface area contributed by atoms with E-state index in [1.807, 2.05) is 109 Å². The third-order valence-electron chi connectivity index (χ3n) is 14.7. The van der Waals surface area contributed by atoms with Gasteiger partial charge in [0.05, 0.1) is 23.3 Å². The lowest BCUT2D eigenvalue weighted by Crippen LogP contribution is -2.48. The smallest absolute Gasteiger partial charge is 0.223 e. The summed E-state index contributed by atoms with van der Waals surface area (Å²) in [5, 5.41) is 11.5. The molecule has 4 saturated heterocycles. The SMILES string of the molecule is C=CCOc1ccc(CCC(=O)N2CCN(c3ccc(OC[C@@H]4CO[C@](C)(c5ccc(Cl)cc5Cl)O4)cc3)CC2)cc1.C[C@]1(c2ccc(Cl)cc2Cl)OC[C@@H](COc2ccc(N3CCN(C(=O)CCc4ccc(O)cc4)CC3)cc2)O1. The average molecular weight is 1180 g/mol. The minimum absolute atomic E-state index is 0.166. The fraction of sp³-hybridized carbons (Fsp3) is 0.365. The van der Waals surface area contributed by atoms with E-state index in [4.69, 9.17) is 79.6 Å². The number of hydrogen-bond donors (Lipinski definition) is 1. The molecule has 4 heterocycles.